The minimum Gasteiger partial charge on any atom is -0.384 e. The van der Waals surface area contributed by atoms with Gasteiger partial charge in [-0.05, 0) is 31.6 Å². The lowest BCUT2D eigenvalue weighted by Gasteiger charge is -2.40. The number of nitrogens with one attached hydrogen (secondary N) is 2. The van der Waals surface area contributed by atoms with Crippen LogP contribution in [0.2, 0.25) is 0 Å². The lowest BCUT2D eigenvalue weighted by molar-refractivity contribution is 0.362. The third-order valence-electron chi connectivity index (χ3n) is 3.92. The first-order valence-electron chi connectivity index (χ1n) is 7.26. The number of hydrogen-bond donors (Lipinski definition) is 2. The summed E-state index contributed by atoms with van der Waals surface area (Å²) in [5.74, 6) is 0. The van der Waals surface area contributed by atoms with Crippen molar-refractivity contribution in [3.63, 3.8) is 0 Å². The molecule has 0 aromatic carbocycles. The summed E-state index contributed by atoms with van der Waals surface area (Å²) in [5, 5.41) is 3.14. The molecule has 1 heterocycles. The van der Waals surface area contributed by atoms with Crippen molar-refractivity contribution >= 4 is 27.5 Å². The predicted molar refractivity (Wildman–Crippen MR) is 88.3 cm³/mol. The Labute approximate surface area is 131 Å². The number of anilines is 1. The fraction of sp³-hybridized carbons (Fsp3) is 0.643. The SMILES string of the molecule is CCCNc1ccncc1S(=O)(=O)NCC1(SC)CCC1. The van der Waals surface area contributed by atoms with E-state index in [0.29, 0.717) is 12.2 Å². The number of sulfonamides is 1. The molecular formula is C14H23N3O2S2. The van der Waals surface area contributed by atoms with Gasteiger partial charge in [-0.25, -0.2) is 13.1 Å². The molecule has 1 aromatic rings. The normalized spacial score (nSPS) is 17.2. The molecule has 1 aliphatic carbocycles. The summed E-state index contributed by atoms with van der Waals surface area (Å²) in [6.45, 7) is 3.26. The van der Waals surface area contributed by atoms with E-state index < -0.39 is 10.0 Å². The van der Waals surface area contributed by atoms with E-state index in [1.807, 2.05) is 13.2 Å². The average Bonchev–Trinajstić information content (AvgIpc) is 2.44. The summed E-state index contributed by atoms with van der Waals surface area (Å²) in [4.78, 5) is 4.18. The van der Waals surface area contributed by atoms with E-state index in [4.69, 9.17) is 0 Å². The minimum absolute atomic E-state index is 0.0757. The van der Waals surface area contributed by atoms with Gasteiger partial charge in [0.1, 0.15) is 4.90 Å². The Morgan fingerprint density at radius 3 is 2.76 bits per heavy atom. The Hall–Kier alpha value is -0.790. The molecule has 2 N–H and O–H groups in total. The Bertz CT molecular complexity index is 566. The van der Waals surface area contributed by atoms with Crippen molar-refractivity contribution in [2.24, 2.45) is 0 Å². The first-order valence-corrected chi connectivity index (χ1v) is 9.96. The van der Waals surface area contributed by atoms with E-state index in [1.54, 1.807) is 24.0 Å². The molecule has 7 heteroatoms. The zero-order chi connectivity index (χ0) is 15.3. The number of aromatic nitrogens is 1. The van der Waals surface area contributed by atoms with Crippen molar-refractivity contribution in [2.45, 2.75) is 42.2 Å². The van der Waals surface area contributed by atoms with Crippen molar-refractivity contribution in [1.82, 2.24) is 9.71 Å². The van der Waals surface area contributed by atoms with E-state index in [2.05, 4.69) is 15.0 Å². The summed E-state index contributed by atoms with van der Waals surface area (Å²) in [5.41, 5.74) is 0.617. The van der Waals surface area contributed by atoms with Crippen LogP contribution in [-0.2, 0) is 10.0 Å². The van der Waals surface area contributed by atoms with Crippen molar-refractivity contribution in [2.75, 3.05) is 24.7 Å². The van der Waals surface area contributed by atoms with Crippen LogP contribution in [0.4, 0.5) is 5.69 Å². The van der Waals surface area contributed by atoms with Gasteiger partial charge < -0.3 is 5.32 Å². The van der Waals surface area contributed by atoms with Crippen molar-refractivity contribution in [3.8, 4) is 0 Å². The van der Waals surface area contributed by atoms with Gasteiger partial charge in [0.15, 0.2) is 0 Å². The highest BCUT2D eigenvalue weighted by molar-refractivity contribution is 8.00. The van der Waals surface area contributed by atoms with Gasteiger partial charge >= 0.3 is 0 Å². The van der Waals surface area contributed by atoms with Crippen LogP contribution in [0.15, 0.2) is 23.4 Å². The molecule has 1 fully saturated rings. The Balaban J connectivity index is 2.12. The largest absolute Gasteiger partial charge is 0.384 e. The second-order valence-corrected chi connectivity index (χ2v) is 8.37. The van der Waals surface area contributed by atoms with Crippen molar-refractivity contribution in [3.05, 3.63) is 18.5 Å². The second kappa shape index (κ2) is 6.98. The van der Waals surface area contributed by atoms with Gasteiger partial charge in [0.25, 0.3) is 0 Å². The summed E-state index contributed by atoms with van der Waals surface area (Å²) in [6.07, 6.45) is 9.32. The van der Waals surface area contributed by atoms with Crippen LogP contribution in [0.3, 0.4) is 0 Å². The molecule has 0 radical (unpaired) electrons. The lowest BCUT2D eigenvalue weighted by Crippen LogP contribution is -2.45. The number of thioether (sulfide) groups is 1. The number of nitrogens with zero attached hydrogens (tertiary/aromatic N) is 1. The first-order chi connectivity index (χ1) is 10.0. The number of hydrogen-bond acceptors (Lipinski definition) is 5. The van der Waals surface area contributed by atoms with Crippen LogP contribution >= 0.6 is 11.8 Å². The first kappa shape index (κ1) is 16.6. The zero-order valence-corrected chi connectivity index (χ0v) is 14.2. The molecule has 0 spiro atoms. The third-order valence-corrected chi connectivity index (χ3v) is 6.77. The molecule has 0 aliphatic heterocycles. The monoisotopic (exact) mass is 329 g/mol. The molecule has 2 rings (SSSR count). The van der Waals surface area contributed by atoms with Crippen LogP contribution in [0.5, 0.6) is 0 Å². The van der Waals surface area contributed by atoms with E-state index in [-0.39, 0.29) is 9.64 Å². The van der Waals surface area contributed by atoms with Gasteiger partial charge in [-0.1, -0.05) is 13.3 Å². The van der Waals surface area contributed by atoms with E-state index in [0.717, 1.165) is 25.8 Å². The van der Waals surface area contributed by atoms with Crippen LogP contribution in [0.1, 0.15) is 32.6 Å². The highest BCUT2D eigenvalue weighted by Gasteiger charge is 2.37. The maximum absolute atomic E-state index is 12.5. The molecule has 1 aromatic heterocycles. The van der Waals surface area contributed by atoms with Gasteiger partial charge in [-0.15, -0.1) is 0 Å². The number of rotatable bonds is 8. The minimum atomic E-state index is -3.53. The molecule has 0 amide bonds. The van der Waals surface area contributed by atoms with Crippen LogP contribution in [0, 0.1) is 0 Å². The van der Waals surface area contributed by atoms with Crippen LogP contribution < -0.4 is 10.0 Å². The van der Waals surface area contributed by atoms with Crippen molar-refractivity contribution in [1.29, 1.82) is 0 Å². The fourth-order valence-electron chi connectivity index (χ4n) is 2.33. The highest BCUT2D eigenvalue weighted by Crippen LogP contribution is 2.42. The van der Waals surface area contributed by atoms with Gasteiger partial charge in [0, 0.05) is 30.2 Å². The maximum atomic E-state index is 12.5. The lowest BCUT2D eigenvalue weighted by atomic mass is 9.84. The van der Waals surface area contributed by atoms with Gasteiger partial charge in [-0.3, -0.25) is 4.98 Å². The maximum Gasteiger partial charge on any atom is 0.244 e. The molecule has 0 bridgehead atoms. The van der Waals surface area contributed by atoms with Gasteiger partial charge in [0.2, 0.25) is 10.0 Å². The Morgan fingerprint density at radius 1 is 1.43 bits per heavy atom. The second-order valence-electron chi connectivity index (χ2n) is 5.36. The molecular weight excluding hydrogens is 306 g/mol. The number of pyridine rings is 1. The summed E-state index contributed by atoms with van der Waals surface area (Å²) in [6, 6.07) is 1.71. The predicted octanol–water partition coefficient (Wildman–Crippen LogP) is 2.47. The van der Waals surface area contributed by atoms with E-state index >= 15 is 0 Å². The molecule has 5 nitrogen and oxygen atoms in total. The quantitative estimate of drug-likeness (QED) is 0.766. The van der Waals surface area contributed by atoms with Gasteiger partial charge in [0.05, 0.1) is 5.69 Å². The topological polar surface area (TPSA) is 71.1 Å². The molecule has 1 aliphatic rings. The molecule has 118 valence electrons. The summed E-state index contributed by atoms with van der Waals surface area (Å²) >= 11 is 1.75. The average molecular weight is 329 g/mol. The molecule has 0 unspecified atom stereocenters. The molecule has 0 atom stereocenters. The smallest absolute Gasteiger partial charge is 0.244 e. The van der Waals surface area contributed by atoms with Crippen molar-refractivity contribution < 1.29 is 8.42 Å². The molecule has 0 saturated heterocycles. The summed E-state index contributed by atoms with van der Waals surface area (Å²) < 4.78 is 27.9. The van der Waals surface area contributed by atoms with Crippen LogP contribution in [-0.4, -0.2) is 37.5 Å². The summed E-state index contributed by atoms with van der Waals surface area (Å²) in [7, 11) is -3.53. The van der Waals surface area contributed by atoms with E-state index in [9.17, 15) is 8.42 Å². The zero-order valence-electron chi connectivity index (χ0n) is 12.6. The van der Waals surface area contributed by atoms with Gasteiger partial charge in [-0.2, -0.15) is 11.8 Å². The molecule has 21 heavy (non-hydrogen) atoms. The standard InChI is InChI=1S/C14H23N3O2S2/c1-3-8-16-12-5-9-15-10-13(12)21(18,19)17-11-14(20-2)6-4-7-14/h5,9-10,17H,3-4,6-8,11H2,1-2H3,(H,15,16). The van der Waals surface area contributed by atoms with E-state index in [1.165, 1.54) is 12.6 Å². The highest BCUT2D eigenvalue weighted by atomic mass is 32.2. The Morgan fingerprint density at radius 2 is 2.19 bits per heavy atom. The fourth-order valence-corrected chi connectivity index (χ4v) is 4.58. The molecule has 1 saturated carbocycles. The van der Waals surface area contributed by atoms with Crippen LogP contribution in [0.25, 0.3) is 0 Å². The third kappa shape index (κ3) is 3.90. The Kier molecular flexibility index (Phi) is 5.51.